The van der Waals surface area contributed by atoms with Crippen molar-refractivity contribution in [2.45, 2.75) is 6.92 Å². The number of nitrogens with one attached hydrogen (secondary N) is 1. The van der Waals surface area contributed by atoms with Gasteiger partial charge >= 0.3 is 0 Å². The largest absolute Gasteiger partial charge is 0.398 e. The summed E-state index contributed by atoms with van der Waals surface area (Å²) in [5.74, 6) is -0.303. The van der Waals surface area contributed by atoms with Gasteiger partial charge in [0, 0.05) is 15.8 Å². The third kappa shape index (κ3) is 2.84. The third-order valence-electron chi connectivity index (χ3n) is 2.55. The standard InChI is InChI=1S/C13H11Br2FN2/c1-7-4-13(10(15)6-12(7)17)18-8-2-3-9(14)11(16)5-8/h2-6,18H,17H2,1H3. The second kappa shape index (κ2) is 5.28. The molecule has 3 N–H and O–H groups in total. The van der Waals surface area contributed by atoms with Gasteiger partial charge < -0.3 is 11.1 Å². The van der Waals surface area contributed by atoms with Crippen molar-refractivity contribution in [3.05, 3.63) is 50.7 Å². The molecule has 0 unspecified atom stereocenters. The second-order valence-electron chi connectivity index (χ2n) is 3.94. The number of nitrogen functional groups attached to an aromatic ring is 1. The summed E-state index contributed by atoms with van der Waals surface area (Å²) in [6, 6.07) is 8.63. The normalized spacial score (nSPS) is 10.4. The lowest BCUT2D eigenvalue weighted by Crippen LogP contribution is -1.96. The summed E-state index contributed by atoms with van der Waals surface area (Å²) in [6.07, 6.45) is 0. The van der Waals surface area contributed by atoms with Gasteiger partial charge in [0.25, 0.3) is 0 Å². The number of rotatable bonds is 2. The van der Waals surface area contributed by atoms with E-state index in [2.05, 4.69) is 37.2 Å². The molecular weight excluding hydrogens is 363 g/mol. The maximum Gasteiger partial charge on any atom is 0.139 e. The molecule has 0 radical (unpaired) electrons. The average Bonchev–Trinajstić information content (AvgIpc) is 2.31. The Kier molecular flexibility index (Phi) is 3.92. The van der Waals surface area contributed by atoms with Crippen molar-refractivity contribution in [2.75, 3.05) is 11.1 Å². The lowest BCUT2D eigenvalue weighted by molar-refractivity contribution is 0.622. The highest BCUT2D eigenvalue weighted by molar-refractivity contribution is 9.10. The smallest absolute Gasteiger partial charge is 0.139 e. The van der Waals surface area contributed by atoms with Crippen LogP contribution in [0.5, 0.6) is 0 Å². The average molecular weight is 374 g/mol. The van der Waals surface area contributed by atoms with Crippen LogP contribution >= 0.6 is 31.9 Å². The van der Waals surface area contributed by atoms with Gasteiger partial charge in [-0.15, -0.1) is 0 Å². The Morgan fingerprint density at radius 1 is 1.11 bits per heavy atom. The fraction of sp³-hybridized carbons (Fsp3) is 0.0769. The van der Waals surface area contributed by atoms with Crippen molar-refractivity contribution >= 4 is 48.9 Å². The van der Waals surface area contributed by atoms with Crippen LogP contribution in [0, 0.1) is 12.7 Å². The molecule has 0 atom stereocenters. The van der Waals surface area contributed by atoms with Gasteiger partial charge in [-0.05, 0) is 74.7 Å². The Balaban J connectivity index is 2.34. The molecular formula is C13H11Br2FN2. The molecule has 18 heavy (non-hydrogen) atoms. The topological polar surface area (TPSA) is 38.0 Å². The fourth-order valence-corrected chi connectivity index (χ4v) is 2.23. The van der Waals surface area contributed by atoms with Crippen molar-refractivity contribution in [3.63, 3.8) is 0 Å². The second-order valence-corrected chi connectivity index (χ2v) is 5.65. The molecule has 0 amide bonds. The van der Waals surface area contributed by atoms with E-state index in [1.165, 1.54) is 6.07 Å². The molecule has 0 aliphatic heterocycles. The predicted octanol–water partition coefficient (Wildman–Crippen LogP) is 4.98. The van der Waals surface area contributed by atoms with Crippen LogP contribution in [-0.4, -0.2) is 0 Å². The monoisotopic (exact) mass is 372 g/mol. The number of hydrogen-bond acceptors (Lipinski definition) is 2. The maximum atomic E-state index is 13.4. The zero-order chi connectivity index (χ0) is 13.3. The molecule has 0 saturated carbocycles. The van der Waals surface area contributed by atoms with Crippen LogP contribution in [0.4, 0.5) is 21.5 Å². The fourth-order valence-electron chi connectivity index (χ4n) is 1.52. The first kappa shape index (κ1) is 13.4. The predicted molar refractivity (Wildman–Crippen MR) is 80.7 cm³/mol. The van der Waals surface area contributed by atoms with E-state index in [9.17, 15) is 4.39 Å². The number of aryl methyl sites for hydroxylation is 1. The molecule has 2 aromatic carbocycles. The summed E-state index contributed by atoms with van der Waals surface area (Å²) in [4.78, 5) is 0. The van der Waals surface area contributed by atoms with Gasteiger partial charge in [-0.25, -0.2) is 4.39 Å². The Morgan fingerprint density at radius 2 is 1.83 bits per heavy atom. The van der Waals surface area contributed by atoms with Gasteiger partial charge in [-0.3, -0.25) is 0 Å². The van der Waals surface area contributed by atoms with E-state index in [1.807, 2.05) is 19.1 Å². The maximum absolute atomic E-state index is 13.4. The summed E-state index contributed by atoms with van der Waals surface area (Å²) in [7, 11) is 0. The zero-order valence-electron chi connectivity index (χ0n) is 9.60. The van der Waals surface area contributed by atoms with E-state index in [1.54, 1.807) is 12.1 Å². The lowest BCUT2D eigenvalue weighted by Gasteiger charge is -2.11. The minimum absolute atomic E-state index is 0.303. The molecule has 2 aromatic rings. The van der Waals surface area contributed by atoms with Crippen LogP contribution in [-0.2, 0) is 0 Å². The van der Waals surface area contributed by atoms with E-state index in [-0.39, 0.29) is 5.82 Å². The number of benzene rings is 2. The van der Waals surface area contributed by atoms with Crippen molar-refractivity contribution < 1.29 is 4.39 Å². The number of nitrogens with two attached hydrogens (primary N) is 1. The van der Waals surface area contributed by atoms with E-state index < -0.39 is 0 Å². The van der Waals surface area contributed by atoms with Crippen LogP contribution in [0.2, 0.25) is 0 Å². The van der Waals surface area contributed by atoms with Crippen LogP contribution in [0.3, 0.4) is 0 Å². The summed E-state index contributed by atoms with van der Waals surface area (Å²) in [6.45, 7) is 1.93. The minimum Gasteiger partial charge on any atom is -0.398 e. The highest BCUT2D eigenvalue weighted by Crippen LogP contribution is 2.31. The summed E-state index contributed by atoms with van der Waals surface area (Å²) in [5.41, 5.74) is 9.02. The van der Waals surface area contributed by atoms with Gasteiger partial charge in [0.1, 0.15) is 5.82 Å². The Labute approximate surface area is 122 Å². The lowest BCUT2D eigenvalue weighted by atomic mass is 10.2. The number of anilines is 3. The summed E-state index contributed by atoms with van der Waals surface area (Å²) >= 11 is 6.55. The van der Waals surface area contributed by atoms with Crippen LogP contribution in [0.15, 0.2) is 39.3 Å². The quantitative estimate of drug-likeness (QED) is 0.728. The van der Waals surface area contributed by atoms with E-state index in [0.29, 0.717) is 10.2 Å². The molecule has 2 rings (SSSR count). The molecule has 2 nitrogen and oxygen atoms in total. The molecule has 0 bridgehead atoms. The van der Waals surface area contributed by atoms with Crippen molar-refractivity contribution in [3.8, 4) is 0 Å². The first-order valence-corrected chi connectivity index (χ1v) is 6.83. The molecule has 0 saturated heterocycles. The highest BCUT2D eigenvalue weighted by atomic mass is 79.9. The Bertz CT molecular complexity index is 600. The third-order valence-corrected chi connectivity index (χ3v) is 3.85. The number of hydrogen-bond donors (Lipinski definition) is 2. The van der Waals surface area contributed by atoms with E-state index in [4.69, 9.17) is 5.73 Å². The molecule has 5 heteroatoms. The Hall–Kier alpha value is -1.07. The minimum atomic E-state index is -0.303. The zero-order valence-corrected chi connectivity index (χ0v) is 12.8. The SMILES string of the molecule is Cc1cc(Nc2ccc(Br)c(F)c2)c(Br)cc1N. The van der Waals surface area contributed by atoms with Crippen LogP contribution < -0.4 is 11.1 Å². The van der Waals surface area contributed by atoms with Crippen LogP contribution in [0.1, 0.15) is 5.56 Å². The molecule has 0 aliphatic carbocycles. The van der Waals surface area contributed by atoms with Gasteiger partial charge in [0.05, 0.1) is 10.2 Å². The first-order valence-electron chi connectivity index (χ1n) is 5.25. The molecule has 0 spiro atoms. The Morgan fingerprint density at radius 3 is 2.50 bits per heavy atom. The van der Waals surface area contributed by atoms with Gasteiger partial charge in [-0.1, -0.05) is 0 Å². The van der Waals surface area contributed by atoms with Crippen molar-refractivity contribution in [1.82, 2.24) is 0 Å². The molecule has 94 valence electrons. The van der Waals surface area contributed by atoms with E-state index in [0.717, 1.165) is 21.4 Å². The summed E-state index contributed by atoms with van der Waals surface area (Å²) < 4.78 is 14.7. The van der Waals surface area contributed by atoms with E-state index >= 15 is 0 Å². The molecule has 0 aliphatic rings. The molecule has 0 fully saturated rings. The molecule has 0 heterocycles. The van der Waals surface area contributed by atoms with Gasteiger partial charge in [0.2, 0.25) is 0 Å². The van der Waals surface area contributed by atoms with Crippen molar-refractivity contribution in [1.29, 1.82) is 0 Å². The van der Waals surface area contributed by atoms with Gasteiger partial charge in [-0.2, -0.15) is 0 Å². The highest BCUT2D eigenvalue weighted by Gasteiger charge is 2.06. The van der Waals surface area contributed by atoms with Crippen molar-refractivity contribution in [2.24, 2.45) is 0 Å². The van der Waals surface area contributed by atoms with Gasteiger partial charge in [0.15, 0.2) is 0 Å². The summed E-state index contributed by atoms with van der Waals surface area (Å²) in [5, 5.41) is 3.15. The first-order chi connectivity index (χ1) is 8.47. The number of halogens is 3. The van der Waals surface area contributed by atoms with Crippen LogP contribution in [0.25, 0.3) is 0 Å². The molecule has 0 aromatic heterocycles.